The first kappa shape index (κ1) is 12.5. The minimum Gasteiger partial charge on any atom is -0.478 e. The molecule has 1 aliphatic heterocycles. The molecule has 1 aliphatic rings. The Hall–Kier alpha value is -1.95. The van der Waals surface area contributed by atoms with Crippen molar-refractivity contribution in [2.75, 3.05) is 31.7 Å². The lowest BCUT2D eigenvalue weighted by molar-refractivity contribution is 0.0697. The number of aromatic carboxylic acids is 1. The van der Waals surface area contributed by atoms with Crippen LogP contribution < -0.4 is 4.90 Å². The summed E-state index contributed by atoms with van der Waals surface area (Å²) in [6.45, 7) is 1.99. The maximum atomic E-state index is 11.1. The molecule has 2 rings (SSSR count). The summed E-state index contributed by atoms with van der Waals surface area (Å²) in [5, 5.41) is 16.8. The van der Waals surface area contributed by atoms with Crippen LogP contribution in [0.5, 0.6) is 0 Å². The number of carbonyl (C=O) groups is 1. The van der Waals surface area contributed by atoms with Crippen LogP contribution in [-0.2, 0) is 4.74 Å². The molecule has 0 bridgehead atoms. The number of ether oxygens (including phenoxy) is 1. The van der Waals surface area contributed by atoms with Crippen LogP contribution >= 0.6 is 0 Å². The van der Waals surface area contributed by atoms with Gasteiger partial charge in [0.1, 0.15) is 5.56 Å². The van der Waals surface area contributed by atoms with E-state index in [1.54, 1.807) is 7.11 Å². The Balaban J connectivity index is 2.17. The predicted molar refractivity (Wildman–Crippen MR) is 65.8 cm³/mol. The molecule has 0 atom stereocenters. The molecule has 1 aromatic heterocycles. The van der Waals surface area contributed by atoms with Gasteiger partial charge in [0, 0.05) is 20.2 Å². The van der Waals surface area contributed by atoms with E-state index in [1.807, 2.05) is 11.0 Å². The maximum Gasteiger partial charge on any atom is 0.339 e. The van der Waals surface area contributed by atoms with Crippen molar-refractivity contribution in [2.45, 2.75) is 6.42 Å². The number of anilines is 1. The zero-order valence-corrected chi connectivity index (χ0v) is 10.2. The van der Waals surface area contributed by atoms with Gasteiger partial charge in [0.25, 0.3) is 0 Å². The third-order valence-corrected chi connectivity index (χ3v) is 2.86. The molecule has 0 aromatic carbocycles. The lowest BCUT2D eigenvalue weighted by Crippen LogP contribution is -2.31. The fourth-order valence-corrected chi connectivity index (χ4v) is 1.94. The summed E-state index contributed by atoms with van der Waals surface area (Å²) < 4.78 is 5.08. The van der Waals surface area contributed by atoms with E-state index in [4.69, 9.17) is 9.84 Å². The molecule has 1 aromatic rings. The number of aromatic nitrogens is 2. The number of rotatable bonds is 4. The van der Waals surface area contributed by atoms with E-state index in [1.165, 1.54) is 17.8 Å². The molecule has 0 unspecified atom stereocenters. The lowest BCUT2D eigenvalue weighted by Gasteiger charge is -2.27. The molecule has 2 heterocycles. The highest BCUT2D eigenvalue weighted by molar-refractivity contribution is 5.93. The molecular formula is C12H15N3O3. The van der Waals surface area contributed by atoms with Crippen molar-refractivity contribution in [1.82, 2.24) is 10.2 Å². The number of carboxylic acids is 1. The number of hydrogen-bond acceptors (Lipinski definition) is 5. The highest BCUT2D eigenvalue weighted by Gasteiger charge is 2.19. The number of hydrogen-bond donors (Lipinski definition) is 1. The summed E-state index contributed by atoms with van der Waals surface area (Å²) in [6, 6.07) is 1.47. The van der Waals surface area contributed by atoms with Crippen molar-refractivity contribution in [1.29, 1.82) is 0 Å². The summed E-state index contributed by atoms with van der Waals surface area (Å²) in [7, 11) is 1.67. The third kappa shape index (κ3) is 2.65. The number of methoxy groups -OCH3 is 1. The Bertz CT molecular complexity index is 473. The van der Waals surface area contributed by atoms with Crippen LogP contribution in [0, 0.1) is 0 Å². The van der Waals surface area contributed by atoms with Crippen LogP contribution in [0.3, 0.4) is 0 Å². The molecule has 18 heavy (non-hydrogen) atoms. The van der Waals surface area contributed by atoms with Gasteiger partial charge in [-0.25, -0.2) is 4.79 Å². The van der Waals surface area contributed by atoms with Crippen molar-refractivity contribution < 1.29 is 14.6 Å². The van der Waals surface area contributed by atoms with Crippen LogP contribution in [0.2, 0.25) is 0 Å². The summed E-state index contributed by atoms with van der Waals surface area (Å²) in [5.74, 6) is -0.552. The van der Waals surface area contributed by atoms with Crippen LogP contribution in [0.15, 0.2) is 23.9 Å². The lowest BCUT2D eigenvalue weighted by atomic mass is 10.1. The predicted octanol–water partition coefficient (Wildman–Crippen LogP) is 0.958. The fraction of sp³-hybridized carbons (Fsp3) is 0.417. The largest absolute Gasteiger partial charge is 0.478 e. The topological polar surface area (TPSA) is 75.5 Å². The molecule has 0 fully saturated rings. The van der Waals surface area contributed by atoms with E-state index in [0.717, 1.165) is 13.0 Å². The smallest absolute Gasteiger partial charge is 0.339 e. The minimum atomic E-state index is -0.980. The van der Waals surface area contributed by atoms with Gasteiger partial charge in [-0.15, -0.1) is 5.10 Å². The van der Waals surface area contributed by atoms with Gasteiger partial charge in [0.2, 0.25) is 0 Å². The van der Waals surface area contributed by atoms with Crippen LogP contribution in [0.1, 0.15) is 16.8 Å². The molecule has 0 saturated carbocycles. The highest BCUT2D eigenvalue weighted by atomic mass is 16.5. The monoisotopic (exact) mass is 249 g/mol. The second kappa shape index (κ2) is 5.59. The number of nitrogens with zero attached hydrogens (tertiary/aromatic N) is 3. The fourth-order valence-electron chi connectivity index (χ4n) is 1.94. The first-order valence-corrected chi connectivity index (χ1v) is 5.69. The zero-order valence-electron chi connectivity index (χ0n) is 10.2. The molecule has 0 spiro atoms. The van der Waals surface area contributed by atoms with Gasteiger partial charge in [0.15, 0.2) is 5.82 Å². The van der Waals surface area contributed by atoms with E-state index in [0.29, 0.717) is 19.0 Å². The molecule has 0 aliphatic carbocycles. The molecular weight excluding hydrogens is 234 g/mol. The summed E-state index contributed by atoms with van der Waals surface area (Å²) >= 11 is 0. The van der Waals surface area contributed by atoms with E-state index < -0.39 is 5.97 Å². The minimum absolute atomic E-state index is 0.189. The second-order valence-corrected chi connectivity index (χ2v) is 4.07. The molecule has 0 radical (unpaired) electrons. The van der Waals surface area contributed by atoms with Crippen LogP contribution in [0.25, 0.3) is 0 Å². The summed E-state index contributed by atoms with van der Waals surface area (Å²) in [4.78, 5) is 13.0. The SMILES string of the molecule is COCC1=CCN(c2nnccc2C(=O)O)CC1. The van der Waals surface area contributed by atoms with Gasteiger partial charge in [-0.3, -0.25) is 0 Å². The van der Waals surface area contributed by atoms with Crippen molar-refractivity contribution in [3.8, 4) is 0 Å². The standard InChI is InChI=1S/C12H15N3O3/c1-18-8-9-3-6-15(7-4-9)11-10(12(16)17)2-5-13-14-11/h2-3,5H,4,6-8H2,1H3,(H,16,17). The maximum absolute atomic E-state index is 11.1. The highest BCUT2D eigenvalue weighted by Crippen LogP contribution is 2.20. The number of carboxylic acid groups (broad SMARTS) is 1. The zero-order chi connectivity index (χ0) is 13.0. The van der Waals surface area contributed by atoms with Gasteiger partial charge in [-0.05, 0) is 18.1 Å². The van der Waals surface area contributed by atoms with E-state index in [-0.39, 0.29) is 5.56 Å². The average molecular weight is 249 g/mol. The van der Waals surface area contributed by atoms with Crippen molar-refractivity contribution in [3.05, 3.63) is 29.5 Å². The first-order valence-electron chi connectivity index (χ1n) is 5.69. The van der Waals surface area contributed by atoms with Crippen molar-refractivity contribution >= 4 is 11.8 Å². The Morgan fingerprint density at radius 3 is 3.06 bits per heavy atom. The van der Waals surface area contributed by atoms with E-state index >= 15 is 0 Å². The molecule has 6 nitrogen and oxygen atoms in total. The van der Waals surface area contributed by atoms with Crippen LogP contribution in [0.4, 0.5) is 5.82 Å². The second-order valence-electron chi connectivity index (χ2n) is 4.07. The third-order valence-electron chi connectivity index (χ3n) is 2.86. The first-order chi connectivity index (χ1) is 8.72. The van der Waals surface area contributed by atoms with Crippen molar-refractivity contribution in [2.24, 2.45) is 0 Å². The average Bonchev–Trinajstić information content (AvgIpc) is 2.40. The summed E-state index contributed by atoms with van der Waals surface area (Å²) in [6.07, 6.45) is 4.29. The molecule has 1 N–H and O–H groups in total. The van der Waals surface area contributed by atoms with Crippen molar-refractivity contribution in [3.63, 3.8) is 0 Å². The van der Waals surface area contributed by atoms with Gasteiger partial charge < -0.3 is 14.7 Å². The molecule has 6 heteroatoms. The quantitative estimate of drug-likeness (QED) is 0.801. The molecule has 0 saturated heterocycles. The van der Waals surface area contributed by atoms with Gasteiger partial charge in [-0.2, -0.15) is 5.10 Å². The van der Waals surface area contributed by atoms with Gasteiger partial charge >= 0.3 is 5.97 Å². The Morgan fingerprint density at radius 1 is 1.61 bits per heavy atom. The Labute approximate surface area is 105 Å². The summed E-state index contributed by atoms with van der Waals surface area (Å²) in [5.41, 5.74) is 1.42. The van der Waals surface area contributed by atoms with E-state index in [9.17, 15) is 4.79 Å². The molecule has 96 valence electrons. The van der Waals surface area contributed by atoms with Gasteiger partial charge in [-0.1, -0.05) is 6.08 Å². The normalized spacial score (nSPS) is 15.4. The molecule has 0 amide bonds. The Kier molecular flexibility index (Phi) is 3.88. The Morgan fingerprint density at radius 2 is 2.44 bits per heavy atom. The van der Waals surface area contributed by atoms with Gasteiger partial charge in [0.05, 0.1) is 12.8 Å². The van der Waals surface area contributed by atoms with E-state index in [2.05, 4.69) is 10.2 Å². The van der Waals surface area contributed by atoms with Crippen LogP contribution in [-0.4, -0.2) is 48.1 Å².